The number of carbonyl (C=O) groups excluding carboxylic acids is 2. The molecule has 1 aliphatic carbocycles. The van der Waals surface area contributed by atoms with Gasteiger partial charge in [0.15, 0.2) is 0 Å². The highest BCUT2D eigenvalue weighted by Crippen LogP contribution is 2.34. The van der Waals surface area contributed by atoms with Crippen LogP contribution in [0.1, 0.15) is 26.5 Å². The predicted octanol–water partition coefficient (Wildman–Crippen LogP) is 3.21. The molecule has 0 spiro atoms. The van der Waals surface area contributed by atoms with Crippen LogP contribution in [0.25, 0.3) is 0 Å². The van der Waals surface area contributed by atoms with Gasteiger partial charge in [-0.2, -0.15) is 0 Å². The van der Waals surface area contributed by atoms with E-state index in [1.165, 1.54) is 4.88 Å². The van der Waals surface area contributed by atoms with Gasteiger partial charge >= 0.3 is 0 Å². The number of nitrogens with one attached hydrogen (secondary N) is 1. The Balaban J connectivity index is 1.72. The minimum absolute atomic E-state index is 0.0124. The number of hydrogen-bond acceptors (Lipinski definition) is 5. The highest BCUT2D eigenvalue weighted by molar-refractivity contribution is 7.14. The highest BCUT2D eigenvalue weighted by atomic mass is 32.1. The maximum atomic E-state index is 12.8. The fourth-order valence-electron chi connectivity index (χ4n) is 3.21. The van der Waals surface area contributed by atoms with Crippen molar-refractivity contribution < 1.29 is 19.1 Å². The Kier molecular flexibility index (Phi) is 5.70. The summed E-state index contributed by atoms with van der Waals surface area (Å²) in [5.41, 5.74) is 1.74. The van der Waals surface area contributed by atoms with Crippen LogP contribution in [0.15, 0.2) is 24.3 Å². The highest BCUT2D eigenvalue weighted by Gasteiger charge is 2.28. The molecule has 1 heterocycles. The van der Waals surface area contributed by atoms with Crippen molar-refractivity contribution in [1.82, 2.24) is 4.90 Å². The Labute approximate surface area is 163 Å². The van der Waals surface area contributed by atoms with Crippen LogP contribution in [-0.2, 0) is 17.6 Å². The van der Waals surface area contributed by atoms with E-state index >= 15 is 0 Å². The number of hydrogen-bond donors (Lipinski definition) is 1. The summed E-state index contributed by atoms with van der Waals surface area (Å²) in [6.45, 7) is 0. The van der Waals surface area contributed by atoms with E-state index in [1.807, 2.05) is 6.07 Å². The minimum atomic E-state index is -0.124. The molecule has 6 nitrogen and oxygen atoms in total. The molecule has 0 saturated heterocycles. The van der Waals surface area contributed by atoms with E-state index in [4.69, 9.17) is 9.47 Å². The zero-order valence-electron chi connectivity index (χ0n) is 16.0. The molecule has 2 aromatic rings. The molecule has 144 valence electrons. The van der Waals surface area contributed by atoms with Crippen molar-refractivity contribution in [2.75, 3.05) is 33.6 Å². The number of nitrogens with zero attached hydrogens (tertiary/aromatic N) is 1. The Bertz CT molecular complexity index is 860. The molecule has 3 rings (SSSR count). The van der Waals surface area contributed by atoms with Gasteiger partial charge in [0.2, 0.25) is 5.91 Å². The fraction of sp³-hybridized carbons (Fsp3) is 0.400. The van der Waals surface area contributed by atoms with Gasteiger partial charge in [0.1, 0.15) is 11.5 Å². The van der Waals surface area contributed by atoms with Gasteiger partial charge in [-0.1, -0.05) is 0 Å². The lowest BCUT2D eigenvalue weighted by Crippen LogP contribution is -2.27. The van der Waals surface area contributed by atoms with Gasteiger partial charge in [-0.3, -0.25) is 9.59 Å². The normalized spacial score (nSPS) is 15.6. The Morgan fingerprint density at radius 2 is 1.96 bits per heavy atom. The largest absolute Gasteiger partial charge is 0.497 e. The quantitative estimate of drug-likeness (QED) is 0.854. The second kappa shape index (κ2) is 8.00. The lowest BCUT2D eigenvalue weighted by Gasteiger charge is -2.22. The molecule has 1 aliphatic rings. The molecule has 1 aromatic carbocycles. The Morgan fingerprint density at radius 3 is 2.63 bits per heavy atom. The van der Waals surface area contributed by atoms with Crippen molar-refractivity contribution in [3.8, 4) is 11.5 Å². The number of benzene rings is 1. The first kappa shape index (κ1) is 19.2. The van der Waals surface area contributed by atoms with E-state index in [0.717, 1.165) is 23.3 Å². The second-order valence-electron chi connectivity index (χ2n) is 6.75. The summed E-state index contributed by atoms with van der Waals surface area (Å²) >= 11 is 1.54. The molecule has 0 aliphatic heterocycles. The van der Waals surface area contributed by atoms with Crippen LogP contribution < -0.4 is 14.8 Å². The number of methoxy groups -OCH3 is 2. The van der Waals surface area contributed by atoms with E-state index in [1.54, 1.807) is 62.8 Å². The van der Waals surface area contributed by atoms with Crippen LogP contribution in [-0.4, -0.2) is 45.0 Å². The zero-order chi connectivity index (χ0) is 19.6. The van der Waals surface area contributed by atoms with E-state index in [9.17, 15) is 9.59 Å². The summed E-state index contributed by atoms with van der Waals surface area (Å²) < 4.78 is 10.5. The van der Waals surface area contributed by atoms with Gasteiger partial charge in [-0.15, -0.1) is 11.3 Å². The Morgan fingerprint density at radius 1 is 1.19 bits per heavy atom. The average molecular weight is 388 g/mol. The molecule has 1 aromatic heterocycles. The molecular formula is C20H24N2O4S. The molecule has 1 atom stereocenters. The van der Waals surface area contributed by atoms with Crippen LogP contribution in [0.4, 0.5) is 5.69 Å². The summed E-state index contributed by atoms with van der Waals surface area (Å²) in [5.74, 6) is 1.09. The summed E-state index contributed by atoms with van der Waals surface area (Å²) in [6.07, 6.45) is 2.24. The third kappa shape index (κ3) is 4.08. The van der Waals surface area contributed by atoms with Crippen molar-refractivity contribution in [2.24, 2.45) is 5.92 Å². The minimum Gasteiger partial charge on any atom is -0.497 e. The molecular weight excluding hydrogens is 364 g/mol. The zero-order valence-corrected chi connectivity index (χ0v) is 16.8. The molecule has 0 radical (unpaired) electrons. The summed E-state index contributed by atoms with van der Waals surface area (Å²) in [7, 11) is 6.65. The smallest absolute Gasteiger partial charge is 0.263 e. The van der Waals surface area contributed by atoms with Gasteiger partial charge in [0, 0.05) is 31.0 Å². The van der Waals surface area contributed by atoms with Crippen molar-refractivity contribution >= 4 is 28.8 Å². The molecule has 27 heavy (non-hydrogen) atoms. The van der Waals surface area contributed by atoms with Crippen LogP contribution in [0.5, 0.6) is 11.5 Å². The number of anilines is 1. The number of aryl methyl sites for hydroxylation is 1. The monoisotopic (exact) mass is 388 g/mol. The number of ether oxygens (including phenoxy) is 2. The molecule has 0 unspecified atom stereocenters. The number of rotatable bonds is 5. The van der Waals surface area contributed by atoms with Gasteiger partial charge in [-0.25, -0.2) is 0 Å². The molecule has 2 amide bonds. The fourth-order valence-corrected chi connectivity index (χ4v) is 4.44. The molecule has 0 bridgehead atoms. The average Bonchev–Trinajstić information content (AvgIpc) is 3.10. The molecule has 7 heteroatoms. The van der Waals surface area contributed by atoms with Gasteiger partial charge in [0.05, 0.1) is 24.8 Å². The van der Waals surface area contributed by atoms with Crippen molar-refractivity contribution in [2.45, 2.75) is 19.3 Å². The van der Waals surface area contributed by atoms with Gasteiger partial charge < -0.3 is 19.7 Å². The second-order valence-corrected chi connectivity index (χ2v) is 7.89. The topological polar surface area (TPSA) is 67.9 Å². The van der Waals surface area contributed by atoms with E-state index in [-0.39, 0.29) is 17.7 Å². The molecule has 1 N–H and O–H groups in total. The lowest BCUT2D eigenvalue weighted by molar-refractivity contribution is -0.120. The number of amides is 2. The maximum absolute atomic E-state index is 12.8. The molecule has 0 saturated carbocycles. The van der Waals surface area contributed by atoms with Crippen molar-refractivity contribution in [1.29, 1.82) is 0 Å². The maximum Gasteiger partial charge on any atom is 0.263 e. The van der Waals surface area contributed by atoms with Crippen LogP contribution >= 0.6 is 11.3 Å². The van der Waals surface area contributed by atoms with Gasteiger partial charge in [-0.05, 0) is 43.0 Å². The summed E-state index contributed by atoms with van der Waals surface area (Å²) in [6, 6.07) is 7.25. The first-order valence-corrected chi connectivity index (χ1v) is 9.60. The van der Waals surface area contributed by atoms with Crippen LogP contribution in [0.2, 0.25) is 0 Å². The number of thiophene rings is 1. The van der Waals surface area contributed by atoms with Gasteiger partial charge in [0.25, 0.3) is 5.91 Å². The van der Waals surface area contributed by atoms with Crippen LogP contribution in [0.3, 0.4) is 0 Å². The van der Waals surface area contributed by atoms with E-state index in [2.05, 4.69) is 5.32 Å². The van der Waals surface area contributed by atoms with E-state index < -0.39 is 0 Å². The van der Waals surface area contributed by atoms with Crippen molar-refractivity contribution in [3.05, 3.63) is 39.6 Å². The van der Waals surface area contributed by atoms with Crippen molar-refractivity contribution in [3.63, 3.8) is 0 Å². The third-order valence-electron chi connectivity index (χ3n) is 4.74. The third-order valence-corrected chi connectivity index (χ3v) is 5.96. The first-order chi connectivity index (χ1) is 12.9. The summed E-state index contributed by atoms with van der Waals surface area (Å²) in [5, 5.41) is 2.97. The molecule has 0 fully saturated rings. The first-order valence-electron chi connectivity index (χ1n) is 8.79. The van der Waals surface area contributed by atoms with Crippen LogP contribution in [0, 0.1) is 5.92 Å². The standard InChI is InChI=1S/C20H24N2O4S/c1-22(2)20(24)18-10-13-9-12(5-8-17(13)27-18)19(23)21-15-7-6-14(25-3)11-16(15)26-4/h6-7,10-12H,5,8-9H2,1-4H3,(H,21,23)/t12-/m1/s1. The number of carbonyl (C=O) groups is 2. The van der Waals surface area contributed by atoms with E-state index in [0.29, 0.717) is 23.6 Å². The summed E-state index contributed by atoms with van der Waals surface area (Å²) in [4.78, 5) is 28.5. The number of fused-ring (bicyclic) bond motifs is 1. The predicted molar refractivity (Wildman–Crippen MR) is 106 cm³/mol. The lowest BCUT2D eigenvalue weighted by atomic mass is 9.87. The SMILES string of the molecule is COc1ccc(NC(=O)[C@@H]2CCc3sc(C(=O)N(C)C)cc3C2)c(OC)c1. The Hall–Kier alpha value is -2.54.